The molecule has 1 atom stereocenters. The first-order chi connectivity index (χ1) is 12.6. The molecule has 1 heterocycles. The molecule has 2 aromatic carbocycles. The number of ether oxygens (including phenoxy) is 1. The van der Waals surface area contributed by atoms with E-state index in [4.69, 9.17) is 27.6 Å². The Labute approximate surface area is 155 Å². The monoisotopic (exact) mass is 398 g/mol. The Hall–Kier alpha value is -2.58. The molecule has 9 heteroatoms. The minimum absolute atomic E-state index is 0.323. The van der Waals surface area contributed by atoms with Crippen molar-refractivity contribution in [3.63, 3.8) is 0 Å². The summed E-state index contributed by atoms with van der Waals surface area (Å²) in [4.78, 5) is 12.6. The zero-order valence-electron chi connectivity index (χ0n) is 14.1. The van der Waals surface area contributed by atoms with E-state index in [0.29, 0.717) is 5.56 Å². The summed E-state index contributed by atoms with van der Waals surface area (Å²) in [6.45, 7) is 0. The predicted octanol–water partition coefficient (Wildman–Crippen LogP) is 2.79. The van der Waals surface area contributed by atoms with Crippen LogP contribution in [0.1, 0.15) is 18.6 Å². The zero-order chi connectivity index (χ0) is 19.8. The second kappa shape index (κ2) is 6.97. The third kappa shape index (κ3) is 3.66. The number of rotatable bonds is 5. The number of hydrogen-bond acceptors (Lipinski definition) is 6. The average molecular weight is 399 g/mol. The molecule has 136 valence electrons. The van der Waals surface area contributed by atoms with Crippen molar-refractivity contribution in [3.05, 3.63) is 82.1 Å². The second-order valence-electron chi connectivity index (χ2n) is 5.33. The lowest BCUT2D eigenvalue weighted by Crippen LogP contribution is -2.16. The normalized spacial score (nSPS) is 20.7. The summed E-state index contributed by atoms with van der Waals surface area (Å²) in [5.41, 5.74) is 5.66. The van der Waals surface area contributed by atoms with E-state index in [1.807, 2.05) is 0 Å². The molecule has 0 spiro atoms. The van der Waals surface area contributed by atoms with Crippen LogP contribution in [-0.4, -0.2) is 14.2 Å². The molecule has 2 N–H and O–H groups in total. The van der Waals surface area contributed by atoms with Crippen LogP contribution in [0.15, 0.2) is 60.2 Å². The molecular weight excluding hydrogens is 385 g/mol. The van der Waals surface area contributed by atoms with E-state index in [2.05, 4.69) is 0 Å². The first kappa shape index (κ1) is 16.9. The Kier molecular flexibility index (Phi) is 4.52. The van der Waals surface area contributed by atoms with Gasteiger partial charge in [-0.15, -0.1) is 0 Å². The van der Waals surface area contributed by atoms with Crippen LogP contribution in [0, 0.1) is 5.82 Å². The SMILES string of the molecule is [2H]C1(c2cccc(F)c2Cl)OC(N)=C(OS(=O)(=O)Cc2ccccc2)C1=O. The third-order valence-electron chi connectivity index (χ3n) is 3.44. The van der Waals surface area contributed by atoms with Gasteiger partial charge in [0.25, 0.3) is 0 Å². The molecule has 0 fully saturated rings. The van der Waals surface area contributed by atoms with Gasteiger partial charge in [0.15, 0.2) is 6.08 Å². The number of ketones is 1. The van der Waals surface area contributed by atoms with Gasteiger partial charge in [-0.05, 0) is 11.6 Å². The van der Waals surface area contributed by atoms with Gasteiger partial charge in [0.2, 0.25) is 17.4 Å². The van der Waals surface area contributed by atoms with Crippen molar-refractivity contribution in [1.82, 2.24) is 0 Å². The molecule has 0 saturated heterocycles. The van der Waals surface area contributed by atoms with Crippen molar-refractivity contribution in [2.45, 2.75) is 11.8 Å². The summed E-state index contributed by atoms with van der Waals surface area (Å²) in [6.07, 6.45) is -2.55. The average Bonchev–Trinajstić information content (AvgIpc) is 2.81. The maximum Gasteiger partial charge on any atom is 0.313 e. The van der Waals surface area contributed by atoms with Gasteiger partial charge >= 0.3 is 10.1 Å². The van der Waals surface area contributed by atoms with E-state index in [1.54, 1.807) is 30.3 Å². The van der Waals surface area contributed by atoms with Crippen LogP contribution in [0.25, 0.3) is 0 Å². The summed E-state index contributed by atoms with van der Waals surface area (Å²) in [5, 5.41) is -0.512. The highest BCUT2D eigenvalue weighted by Gasteiger charge is 2.40. The highest BCUT2D eigenvalue weighted by Crippen LogP contribution is 2.36. The van der Waals surface area contributed by atoms with Gasteiger partial charge in [-0.3, -0.25) is 4.79 Å². The van der Waals surface area contributed by atoms with Gasteiger partial charge in [-0.2, -0.15) is 8.42 Å². The Bertz CT molecular complexity index is 1040. The topological polar surface area (TPSA) is 95.7 Å². The molecule has 6 nitrogen and oxygen atoms in total. The fraction of sp³-hybridized carbons (Fsp3) is 0.118. The van der Waals surface area contributed by atoms with Crippen LogP contribution in [0.3, 0.4) is 0 Å². The Morgan fingerprint density at radius 2 is 1.92 bits per heavy atom. The van der Waals surface area contributed by atoms with Gasteiger partial charge < -0.3 is 14.7 Å². The molecule has 1 unspecified atom stereocenters. The zero-order valence-corrected chi connectivity index (χ0v) is 14.7. The number of carbonyl (C=O) groups excluding carboxylic acids is 1. The smallest absolute Gasteiger partial charge is 0.313 e. The standard InChI is InChI=1S/C17H13ClFNO5S/c18-13-11(7-4-8-12(13)19)15-14(21)16(17(20)24-15)25-26(22,23)9-10-5-2-1-3-6-10/h1-8,15H,9,20H2/i15D. The molecular formula is C17H13ClFNO5S. The lowest BCUT2D eigenvalue weighted by Gasteiger charge is -2.12. The van der Waals surface area contributed by atoms with Crippen LogP contribution >= 0.6 is 11.6 Å². The Morgan fingerprint density at radius 3 is 2.62 bits per heavy atom. The molecule has 1 aliphatic rings. The number of nitrogens with two attached hydrogens (primary N) is 1. The summed E-state index contributed by atoms with van der Waals surface area (Å²) < 4.78 is 56.3. The Morgan fingerprint density at radius 1 is 1.23 bits per heavy atom. The molecule has 26 heavy (non-hydrogen) atoms. The van der Waals surface area contributed by atoms with Gasteiger partial charge in [-0.25, -0.2) is 4.39 Å². The molecule has 0 radical (unpaired) electrons. The lowest BCUT2D eigenvalue weighted by atomic mass is 10.1. The van der Waals surface area contributed by atoms with Crippen LogP contribution in [-0.2, 0) is 29.6 Å². The van der Waals surface area contributed by atoms with E-state index in [9.17, 15) is 17.6 Å². The van der Waals surface area contributed by atoms with Gasteiger partial charge in [0.05, 0.1) is 6.39 Å². The van der Waals surface area contributed by atoms with E-state index in [0.717, 1.165) is 6.07 Å². The molecule has 0 aliphatic carbocycles. The predicted molar refractivity (Wildman–Crippen MR) is 91.6 cm³/mol. The minimum Gasteiger partial charge on any atom is -0.460 e. The van der Waals surface area contributed by atoms with Crippen molar-refractivity contribution in [2.24, 2.45) is 5.73 Å². The number of halogens is 2. The van der Waals surface area contributed by atoms with Crippen LogP contribution < -0.4 is 5.73 Å². The second-order valence-corrected chi connectivity index (χ2v) is 7.27. The first-order valence-corrected chi connectivity index (χ1v) is 9.24. The first-order valence-electron chi connectivity index (χ1n) is 7.78. The minimum atomic E-state index is -4.26. The highest BCUT2D eigenvalue weighted by molar-refractivity contribution is 7.86. The quantitative estimate of drug-likeness (QED) is 0.778. The molecule has 0 saturated carbocycles. The van der Waals surface area contributed by atoms with E-state index in [-0.39, 0.29) is 5.56 Å². The molecule has 2 aromatic rings. The van der Waals surface area contributed by atoms with Gasteiger partial charge in [-0.1, -0.05) is 54.1 Å². The number of benzene rings is 2. The largest absolute Gasteiger partial charge is 0.460 e. The van der Waals surface area contributed by atoms with Crippen molar-refractivity contribution in [2.75, 3.05) is 0 Å². The summed E-state index contributed by atoms with van der Waals surface area (Å²) in [7, 11) is -4.26. The summed E-state index contributed by atoms with van der Waals surface area (Å²) in [5.74, 6) is -4.15. The van der Waals surface area contributed by atoms with Crippen LogP contribution in [0.4, 0.5) is 4.39 Å². The summed E-state index contributed by atoms with van der Waals surface area (Å²) >= 11 is 5.82. The van der Waals surface area contributed by atoms with Crippen molar-refractivity contribution < 1.29 is 27.9 Å². The van der Waals surface area contributed by atoms with E-state index in [1.165, 1.54) is 12.1 Å². The number of hydrogen-bond donors (Lipinski definition) is 1. The third-order valence-corrected chi connectivity index (χ3v) is 4.93. The van der Waals surface area contributed by atoms with Crippen molar-refractivity contribution in [1.29, 1.82) is 0 Å². The maximum atomic E-state index is 13.7. The fourth-order valence-corrected chi connectivity index (χ4v) is 3.57. The fourth-order valence-electron chi connectivity index (χ4n) is 2.29. The van der Waals surface area contributed by atoms with E-state index < -0.39 is 50.2 Å². The lowest BCUT2D eigenvalue weighted by molar-refractivity contribution is -0.123. The van der Waals surface area contributed by atoms with Crippen molar-refractivity contribution >= 4 is 27.5 Å². The van der Waals surface area contributed by atoms with Crippen LogP contribution in [0.2, 0.25) is 5.02 Å². The number of Topliss-reactive ketones (excluding diaryl/α,β-unsaturated/α-hetero) is 1. The van der Waals surface area contributed by atoms with Gasteiger partial charge in [0, 0.05) is 5.56 Å². The molecule has 1 aliphatic heterocycles. The molecule has 0 aromatic heterocycles. The van der Waals surface area contributed by atoms with E-state index >= 15 is 0 Å². The Balaban J connectivity index is 1.88. The molecule has 0 amide bonds. The molecule has 3 rings (SSSR count). The van der Waals surface area contributed by atoms with Crippen molar-refractivity contribution in [3.8, 4) is 0 Å². The maximum absolute atomic E-state index is 13.7. The highest BCUT2D eigenvalue weighted by atomic mass is 35.5. The van der Waals surface area contributed by atoms with Crippen LogP contribution in [0.5, 0.6) is 0 Å². The summed E-state index contributed by atoms with van der Waals surface area (Å²) in [6, 6.07) is 11.6. The number of carbonyl (C=O) groups is 1. The molecule has 0 bridgehead atoms. The van der Waals surface area contributed by atoms with Gasteiger partial charge in [0.1, 0.15) is 11.6 Å².